The first kappa shape index (κ1) is 12.9. The molecule has 1 atom stereocenters. The fourth-order valence-corrected chi connectivity index (χ4v) is 2.41. The zero-order chi connectivity index (χ0) is 13.8. The third-order valence-corrected chi connectivity index (χ3v) is 3.44. The lowest BCUT2D eigenvalue weighted by atomic mass is 10.1. The van der Waals surface area contributed by atoms with Crippen molar-refractivity contribution < 1.29 is 4.79 Å². The zero-order valence-electron chi connectivity index (χ0n) is 11.1. The summed E-state index contributed by atoms with van der Waals surface area (Å²) < 4.78 is 0. The van der Waals surface area contributed by atoms with Crippen LogP contribution in [0.3, 0.4) is 0 Å². The van der Waals surface area contributed by atoms with Crippen molar-refractivity contribution in [2.75, 3.05) is 18.4 Å². The van der Waals surface area contributed by atoms with Crippen LogP contribution < -0.4 is 16.0 Å². The van der Waals surface area contributed by atoms with Gasteiger partial charge < -0.3 is 15.6 Å². The van der Waals surface area contributed by atoms with Crippen molar-refractivity contribution >= 4 is 23.0 Å². The number of anilines is 1. The molecule has 0 aliphatic carbocycles. The zero-order valence-corrected chi connectivity index (χ0v) is 11.1. The Morgan fingerprint density at radius 2 is 2.45 bits per heavy atom. The van der Waals surface area contributed by atoms with Gasteiger partial charge >= 0.3 is 6.03 Å². The van der Waals surface area contributed by atoms with Crippen molar-refractivity contribution in [1.82, 2.24) is 25.6 Å². The van der Waals surface area contributed by atoms with Crippen molar-refractivity contribution in [3.8, 4) is 0 Å². The lowest BCUT2D eigenvalue weighted by Crippen LogP contribution is -2.33. The highest BCUT2D eigenvalue weighted by Gasteiger charge is 2.13. The molecule has 3 rings (SSSR count). The summed E-state index contributed by atoms with van der Waals surface area (Å²) in [5.41, 5.74) is 1.45. The third-order valence-electron chi connectivity index (χ3n) is 3.44. The summed E-state index contributed by atoms with van der Waals surface area (Å²) in [6, 6.07) is 2.11. The van der Waals surface area contributed by atoms with Crippen LogP contribution >= 0.6 is 0 Å². The molecule has 7 heteroatoms. The van der Waals surface area contributed by atoms with Crippen LogP contribution in [0.4, 0.5) is 10.6 Å². The molecule has 1 saturated heterocycles. The van der Waals surface area contributed by atoms with E-state index in [1.54, 1.807) is 6.20 Å². The minimum atomic E-state index is -0.243. The molecule has 0 radical (unpaired) electrons. The molecule has 2 amide bonds. The molecule has 7 nitrogen and oxygen atoms in total. The van der Waals surface area contributed by atoms with Crippen LogP contribution in [-0.2, 0) is 0 Å². The van der Waals surface area contributed by atoms with Crippen molar-refractivity contribution in [2.45, 2.75) is 25.3 Å². The van der Waals surface area contributed by atoms with E-state index in [2.05, 4.69) is 30.9 Å². The lowest BCUT2D eigenvalue weighted by Gasteiger charge is -2.11. The number of urea groups is 1. The molecule has 2 aromatic rings. The minimum absolute atomic E-state index is 0.243. The van der Waals surface area contributed by atoms with Crippen molar-refractivity contribution in [2.24, 2.45) is 0 Å². The normalized spacial score (nSPS) is 18.3. The van der Waals surface area contributed by atoms with Crippen LogP contribution in [0.5, 0.6) is 0 Å². The second-order valence-corrected chi connectivity index (χ2v) is 4.93. The third kappa shape index (κ3) is 3.05. The second-order valence-electron chi connectivity index (χ2n) is 4.93. The smallest absolute Gasteiger partial charge is 0.320 e. The summed E-state index contributed by atoms with van der Waals surface area (Å²) >= 11 is 0. The van der Waals surface area contributed by atoms with E-state index in [0.717, 1.165) is 18.5 Å². The average Bonchev–Trinajstić information content (AvgIpc) is 3.08. The first-order valence-electron chi connectivity index (χ1n) is 6.89. The van der Waals surface area contributed by atoms with Gasteiger partial charge in [0.2, 0.25) is 0 Å². The molecule has 3 heterocycles. The van der Waals surface area contributed by atoms with Gasteiger partial charge in [0.15, 0.2) is 11.5 Å². The van der Waals surface area contributed by atoms with E-state index >= 15 is 0 Å². The molecule has 4 N–H and O–H groups in total. The van der Waals surface area contributed by atoms with Crippen molar-refractivity contribution in [3.05, 3.63) is 18.5 Å². The number of H-pyrrole nitrogens is 1. The Bertz CT molecular complexity index is 589. The number of nitrogens with zero attached hydrogens (tertiary/aromatic N) is 2. The van der Waals surface area contributed by atoms with E-state index in [0.29, 0.717) is 24.1 Å². The van der Waals surface area contributed by atoms with Crippen LogP contribution in [0.1, 0.15) is 19.3 Å². The molecule has 106 valence electrons. The van der Waals surface area contributed by atoms with Gasteiger partial charge in [0.05, 0.1) is 6.20 Å². The molecule has 1 fully saturated rings. The number of aromatic amines is 1. The van der Waals surface area contributed by atoms with Crippen molar-refractivity contribution in [1.29, 1.82) is 0 Å². The molecular weight excluding hydrogens is 256 g/mol. The summed E-state index contributed by atoms with van der Waals surface area (Å²) in [6.45, 7) is 1.74. The summed E-state index contributed by atoms with van der Waals surface area (Å²) in [6.07, 6.45) is 6.68. The van der Waals surface area contributed by atoms with Gasteiger partial charge in [-0.3, -0.25) is 5.32 Å². The fourth-order valence-electron chi connectivity index (χ4n) is 2.41. The number of aromatic nitrogens is 3. The maximum Gasteiger partial charge on any atom is 0.320 e. The van der Waals surface area contributed by atoms with E-state index in [4.69, 9.17) is 0 Å². The van der Waals surface area contributed by atoms with Gasteiger partial charge in [-0.15, -0.1) is 0 Å². The summed E-state index contributed by atoms with van der Waals surface area (Å²) in [5.74, 6) is 0.452. The van der Waals surface area contributed by atoms with E-state index < -0.39 is 0 Å². The Hall–Kier alpha value is -2.15. The molecule has 0 saturated carbocycles. The highest BCUT2D eigenvalue weighted by atomic mass is 16.2. The molecule has 1 aliphatic heterocycles. The quantitative estimate of drug-likeness (QED) is 0.674. The van der Waals surface area contributed by atoms with E-state index in [9.17, 15) is 4.79 Å². The molecule has 0 bridgehead atoms. The van der Waals surface area contributed by atoms with Gasteiger partial charge in [0.1, 0.15) is 5.52 Å². The standard InChI is InChI=1S/C13H18N6O/c20-13(16-6-3-9-2-1-5-14-9)19-11-8-17-12-10(18-11)4-7-15-12/h4,7-9,14H,1-3,5-6H2,(H,15,17)(H2,16,18,19,20). The number of fused-ring (bicyclic) bond motifs is 1. The molecular formula is C13H18N6O. The van der Waals surface area contributed by atoms with Gasteiger partial charge in [-0.2, -0.15) is 0 Å². The number of hydrogen-bond acceptors (Lipinski definition) is 4. The molecule has 1 unspecified atom stereocenters. The van der Waals surface area contributed by atoms with Crippen LogP contribution in [0, 0.1) is 0 Å². The van der Waals surface area contributed by atoms with Crippen LogP contribution in [0.25, 0.3) is 11.2 Å². The summed E-state index contributed by atoms with van der Waals surface area (Å²) in [4.78, 5) is 23.1. The van der Waals surface area contributed by atoms with E-state index in [1.165, 1.54) is 19.0 Å². The Kier molecular flexibility index (Phi) is 3.78. The van der Waals surface area contributed by atoms with E-state index in [1.807, 2.05) is 6.07 Å². The van der Waals surface area contributed by atoms with Gasteiger partial charge in [0, 0.05) is 18.8 Å². The van der Waals surface area contributed by atoms with Gasteiger partial charge in [0.25, 0.3) is 0 Å². The monoisotopic (exact) mass is 274 g/mol. The molecule has 0 aromatic carbocycles. The second kappa shape index (κ2) is 5.87. The van der Waals surface area contributed by atoms with Crippen LogP contribution in [-0.4, -0.2) is 40.1 Å². The van der Waals surface area contributed by atoms with Gasteiger partial charge in [-0.25, -0.2) is 14.8 Å². The van der Waals surface area contributed by atoms with Crippen LogP contribution in [0.15, 0.2) is 18.5 Å². The first-order valence-corrected chi connectivity index (χ1v) is 6.89. The fraction of sp³-hybridized carbons (Fsp3) is 0.462. The molecule has 0 spiro atoms. The summed E-state index contributed by atoms with van der Waals surface area (Å²) in [5, 5.41) is 8.93. The lowest BCUT2D eigenvalue weighted by molar-refractivity contribution is 0.251. The largest absolute Gasteiger partial charge is 0.345 e. The molecule has 20 heavy (non-hydrogen) atoms. The highest BCUT2D eigenvalue weighted by Crippen LogP contribution is 2.10. The maximum atomic E-state index is 11.7. The average molecular weight is 274 g/mol. The molecule has 1 aliphatic rings. The van der Waals surface area contributed by atoms with Gasteiger partial charge in [-0.05, 0) is 31.9 Å². The number of carbonyl (C=O) groups is 1. The first-order chi connectivity index (χ1) is 9.81. The number of rotatable bonds is 4. The number of amides is 2. The Balaban J connectivity index is 1.47. The predicted molar refractivity (Wildman–Crippen MR) is 76.6 cm³/mol. The highest BCUT2D eigenvalue weighted by molar-refractivity contribution is 5.89. The molecule has 2 aromatic heterocycles. The predicted octanol–water partition coefficient (Wildman–Crippen LogP) is 1.22. The summed E-state index contributed by atoms with van der Waals surface area (Å²) in [7, 11) is 0. The van der Waals surface area contributed by atoms with Crippen molar-refractivity contribution in [3.63, 3.8) is 0 Å². The minimum Gasteiger partial charge on any atom is -0.345 e. The van der Waals surface area contributed by atoms with Gasteiger partial charge in [-0.1, -0.05) is 0 Å². The maximum absolute atomic E-state index is 11.7. The number of hydrogen-bond donors (Lipinski definition) is 4. The SMILES string of the molecule is O=C(NCCC1CCCN1)Nc1cnc2[nH]ccc2n1. The number of carbonyl (C=O) groups excluding carboxylic acids is 1. The number of nitrogens with one attached hydrogen (secondary N) is 4. The Morgan fingerprint density at radius 3 is 3.30 bits per heavy atom. The topological polar surface area (TPSA) is 94.7 Å². The Labute approximate surface area is 116 Å². The Morgan fingerprint density at radius 1 is 1.50 bits per heavy atom. The van der Waals surface area contributed by atoms with Crippen LogP contribution in [0.2, 0.25) is 0 Å². The van der Waals surface area contributed by atoms with E-state index in [-0.39, 0.29) is 6.03 Å².